The molecule has 24 heavy (non-hydrogen) atoms. The molecule has 2 atom stereocenters. The van der Waals surface area contributed by atoms with Gasteiger partial charge in [0.2, 0.25) is 0 Å². The minimum atomic E-state index is -0.720. The second-order valence-electron chi connectivity index (χ2n) is 6.98. The van der Waals surface area contributed by atoms with E-state index in [0.29, 0.717) is 25.9 Å². The van der Waals surface area contributed by atoms with Crippen molar-refractivity contribution in [3.05, 3.63) is 35.9 Å². The predicted molar refractivity (Wildman–Crippen MR) is 92.3 cm³/mol. The molecule has 5 heteroatoms. The van der Waals surface area contributed by atoms with E-state index in [1.807, 2.05) is 6.07 Å². The molecule has 0 spiro atoms. The molecule has 1 heterocycles. The molecule has 0 unspecified atom stereocenters. The molecular formula is C19H27N3O2. The highest BCUT2D eigenvalue weighted by Crippen LogP contribution is 2.37. The third-order valence-corrected chi connectivity index (χ3v) is 5.24. The lowest BCUT2D eigenvalue weighted by molar-refractivity contribution is -0.0795. The zero-order valence-electron chi connectivity index (χ0n) is 14.3. The van der Waals surface area contributed by atoms with E-state index in [1.165, 1.54) is 5.56 Å². The molecule has 130 valence electrons. The number of nitrogens with one attached hydrogen (secondary N) is 1. The Balaban J connectivity index is 1.59. The average Bonchev–Trinajstić information content (AvgIpc) is 2.59. The molecule has 0 radical (unpaired) electrons. The molecule has 2 N–H and O–H groups in total. The van der Waals surface area contributed by atoms with Gasteiger partial charge in [0.05, 0.1) is 36.3 Å². The van der Waals surface area contributed by atoms with Crippen molar-refractivity contribution >= 4 is 0 Å². The summed E-state index contributed by atoms with van der Waals surface area (Å²) in [5.41, 5.74) is 0.555. The van der Waals surface area contributed by atoms with Crippen LogP contribution >= 0.6 is 0 Å². The number of benzene rings is 1. The van der Waals surface area contributed by atoms with Crippen LogP contribution < -0.4 is 5.32 Å². The highest BCUT2D eigenvalue weighted by Gasteiger charge is 2.42. The maximum atomic E-state index is 10.4. The van der Waals surface area contributed by atoms with Crippen molar-refractivity contribution in [1.82, 2.24) is 10.2 Å². The summed E-state index contributed by atoms with van der Waals surface area (Å²) in [6, 6.07) is 13.0. The number of nitrogens with zero attached hydrogens (tertiary/aromatic N) is 2. The fourth-order valence-electron chi connectivity index (χ4n) is 3.93. The Morgan fingerprint density at radius 3 is 2.79 bits per heavy atom. The van der Waals surface area contributed by atoms with E-state index in [9.17, 15) is 5.11 Å². The van der Waals surface area contributed by atoms with Gasteiger partial charge in [-0.05, 0) is 24.9 Å². The maximum Gasteiger partial charge on any atom is 0.0896 e. The largest absolute Gasteiger partial charge is 0.388 e. The first-order valence-corrected chi connectivity index (χ1v) is 8.88. The first-order valence-electron chi connectivity index (χ1n) is 8.88. The minimum Gasteiger partial charge on any atom is -0.388 e. The van der Waals surface area contributed by atoms with E-state index in [1.54, 1.807) is 0 Å². The van der Waals surface area contributed by atoms with E-state index in [4.69, 9.17) is 10.00 Å². The number of ether oxygens (including phenoxy) is 1. The van der Waals surface area contributed by atoms with Crippen molar-refractivity contribution in [2.45, 2.75) is 37.5 Å². The smallest absolute Gasteiger partial charge is 0.0896 e. The lowest BCUT2D eigenvalue weighted by Gasteiger charge is -2.43. The summed E-state index contributed by atoms with van der Waals surface area (Å²) < 4.78 is 6.05. The van der Waals surface area contributed by atoms with Crippen LogP contribution in [0.2, 0.25) is 0 Å². The molecule has 1 aliphatic heterocycles. The average molecular weight is 329 g/mol. The van der Waals surface area contributed by atoms with Gasteiger partial charge in [0.25, 0.3) is 0 Å². The Morgan fingerprint density at radius 1 is 1.38 bits per heavy atom. The molecule has 0 aromatic heterocycles. The normalized spacial score (nSPS) is 33.6. The van der Waals surface area contributed by atoms with Crippen LogP contribution in [0.3, 0.4) is 0 Å². The van der Waals surface area contributed by atoms with Gasteiger partial charge in [-0.1, -0.05) is 37.3 Å². The zero-order chi connectivity index (χ0) is 17.0. The predicted octanol–water partition coefficient (Wildman–Crippen LogP) is 1.70. The summed E-state index contributed by atoms with van der Waals surface area (Å²) in [5, 5.41) is 22.6. The van der Waals surface area contributed by atoms with E-state index < -0.39 is 5.60 Å². The van der Waals surface area contributed by atoms with E-state index in [2.05, 4.69) is 47.5 Å². The van der Waals surface area contributed by atoms with E-state index in [-0.39, 0.29) is 18.1 Å². The molecule has 1 saturated carbocycles. The SMILES string of the molecule is CCN1CCO[C@@H](CNCC2(O)CC(C#N)C2)[C@@H]1c1ccccc1. The van der Waals surface area contributed by atoms with Crippen molar-refractivity contribution < 1.29 is 9.84 Å². The molecule has 2 fully saturated rings. The van der Waals surface area contributed by atoms with E-state index in [0.717, 1.165) is 19.7 Å². The molecule has 1 aliphatic carbocycles. The van der Waals surface area contributed by atoms with Gasteiger partial charge in [-0.2, -0.15) is 5.26 Å². The van der Waals surface area contributed by atoms with Crippen molar-refractivity contribution in [3.63, 3.8) is 0 Å². The molecule has 1 aromatic carbocycles. The van der Waals surface area contributed by atoms with Crippen molar-refractivity contribution in [1.29, 1.82) is 5.26 Å². The Labute approximate surface area is 144 Å². The molecule has 1 saturated heterocycles. The third kappa shape index (κ3) is 3.79. The van der Waals surface area contributed by atoms with Crippen molar-refractivity contribution in [2.24, 2.45) is 5.92 Å². The summed E-state index contributed by atoms with van der Waals surface area (Å²) in [6.07, 6.45) is 1.22. The van der Waals surface area contributed by atoms with Crippen molar-refractivity contribution in [2.75, 3.05) is 32.8 Å². The quantitative estimate of drug-likeness (QED) is 0.831. The summed E-state index contributed by atoms with van der Waals surface area (Å²) in [6.45, 7) is 6.09. The van der Waals surface area contributed by atoms with E-state index >= 15 is 0 Å². The number of nitriles is 1. The Hall–Kier alpha value is -1.45. The first-order chi connectivity index (χ1) is 11.6. The van der Waals surface area contributed by atoms with Crippen molar-refractivity contribution in [3.8, 4) is 6.07 Å². The topological polar surface area (TPSA) is 68.5 Å². The summed E-state index contributed by atoms with van der Waals surface area (Å²) in [5.74, 6) is 0.00961. The van der Waals surface area contributed by atoms with Gasteiger partial charge in [0.1, 0.15) is 0 Å². The number of morpholine rings is 1. The number of aliphatic hydroxyl groups is 1. The molecule has 0 bridgehead atoms. The van der Waals surface area contributed by atoms with Gasteiger partial charge in [0.15, 0.2) is 0 Å². The van der Waals surface area contributed by atoms with Crippen LogP contribution in [-0.2, 0) is 4.74 Å². The van der Waals surface area contributed by atoms with Gasteiger partial charge < -0.3 is 15.2 Å². The van der Waals surface area contributed by atoms with Crippen LogP contribution in [-0.4, -0.2) is 54.5 Å². The van der Waals surface area contributed by atoms with Crippen LogP contribution in [0.25, 0.3) is 0 Å². The molecule has 3 rings (SSSR count). The van der Waals surface area contributed by atoms with Crippen LogP contribution in [0.1, 0.15) is 31.4 Å². The Morgan fingerprint density at radius 2 is 2.12 bits per heavy atom. The molecular weight excluding hydrogens is 302 g/mol. The van der Waals surface area contributed by atoms with Gasteiger partial charge in [-0.3, -0.25) is 4.90 Å². The lowest BCUT2D eigenvalue weighted by Crippen LogP contribution is -2.54. The Kier molecular flexibility index (Phi) is 5.52. The standard InChI is InChI=1S/C19H27N3O2/c1-2-22-8-9-24-17(18(22)16-6-4-3-5-7-16)13-21-14-19(23)10-15(11-19)12-20/h3-7,15,17-18,21,23H,2,8-11,13-14H2,1H3/t15?,17-,18-,19?/m0/s1. The zero-order valence-corrected chi connectivity index (χ0v) is 14.3. The molecule has 1 aromatic rings. The molecule has 2 aliphatic rings. The van der Waals surface area contributed by atoms with Crippen LogP contribution in [0, 0.1) is 17.2 Å². The van der Waals surface area contributed by atoms with Gasteiger partial charge >= 0.3 is 0 Å². The second-order valence-corrected chi connectivity index (χ2v) is 6.98. The number of likely N-dealkylation sites (N-methyl/N-ethyl adjacent to an activating group) is 1. The number of hydrogen-bond donors (Lipinski definition) is 2. The fourth-order valence-corrected chi connectivity index (χ4v) is 3.93. The third-order valence-electron chi connectivity index (χ3n) is 5.24. The lowest BCUT2D eigenvalue weighted by atomic mass is 9.71. The monoisotopic (exact) mass is 329 g/mol. The van der Waals surface area contributed by atoms with Gasteiger partial charge in [-0.15, -0.1) is 0 Å². The van der Waals surface area contributed by atoms with Gasteiger partial charge in [0, 0.05) is 19.6 Å². The van der Waals surface area contributed by atoms with Crippen LogP contribution in [0.5, 0.6) is 0 Å². The molecule has 5 nitrogen and oxygen atoms in total. The summed E-state index contributed by atoms with van der Waals surface area (Å²) in [4.78, 5) is 2.45. The van der Waals surface area contributed by atoms with Crippen LogP contribution in [0.15, 0.2) is 30.3 Å². The number of rotatable bonds is 6. The Bertz CT molecular complexity index is 566. The highest BCUT2D eigenvalue weighted by molar-refractivity contribution is 5.21. The second kappa shape index (κ2) is 7.62. The summed E-state index contributed by atoms with van der Waals surface area (Å²) >= 11 is 0. The van der Waals surface area contributed by atoms with Crippen LogP contribution in [0.4, 0.5) is 0 Å². The van der Waals surface area contributed by atoms with Gasteiger partial charge in [-0.25, -0.2) is 0 Å². The summed E-state index contributed by atoms with van der Waals surface area (Å²) in [7, 11) is 0. The number of hydrogen-bond acceptors (Lipinski definition) is 5. The fraction of sp³-hybridized carbons (Fsp3) is 0.632. The molecule has 0 amide bonds. The minimum absolute atomic E-state index is 0.00961. The highest BCUT2D eigenvalue weighted by atomic mass is 16.5. The first kappa shape index (κ1) is 17.4. The maximum absolute atomic E-state index is 10.4.